The molecule has 1 amide bonds. The van der Waals surface area contributed by atoms with E-state index in [-0.39, 0.29) is 17.4 Å². The molecule has 0 radical (unpaired) electrons. The Bertz CT molecular complexity index is 1260. The Labute approximate surface area is 213 Å². The Kier molecular flexibility index (Phi) is 7.37. The van der Waals surface area contributed by atoms with Crippen LogP contribution in [0.4, 0.5) is 5.82 Å². The molecule has 1 atom stereocenters. The molecule has 2 aromatic carbocycles. The van der Waals surface area contributed by atoms with Gasteiger partial charge in [0.2, 0.25) is 5.91 Å². The number of anilines is 1. The molecule has 2 saturated heterocycles. The first kappa shape index (κ1) is 24.5. The summed E-state index contributed by atoms with van der Waals surface area (Å²) in [5.41, 5.74) is 3.87. The summed E-state index contributed by atoms with van der Waals surface area (Å²) in [7, 11) is 0. The van der Waals surface area contributed by atoms with Crippen molar-refractivity contribution >= 4 is 22.8 Å². The van der Waals surface area contributed by atoms with Crippen LogP contribution in [-0.4, -0.2) is 59.1 Å². The molecule has 0 aliphatic carbocycles. The van der Waals surface area contributed by atoms with E-state index in [1.165, 1.54) is 12.0 Å². The maximum atomic E-state index is 13.7. The summed E-state index contributed by atoms with van der Waals surface area (Å²) in [5, 5.41) is 3.21. The van der Waals surface area contributed by atoms with Crippen LogP contribution in [0.1, 0.15) is 43.7 Å². The number of likely N-dealkylation sites (N-methyl/N-ethyl adjacent to an activating group) is 1. The monoisotopic (exact) mass is 487 g/mol. The molecule has 5 rings (SSSR count). The third kappa shape index (κ3) is 5.16. The van der Waals surface area contributed by atoms with Crippen molar-refractivity contribution in [2.75, 3.05) is 37.6 Å². The second kappa shape index (κ2) is 10.8. The fourth-order valence-electron chi connectivity index (χ4n) is 5.68. The molecule has 7 heteroatoms. The van der Waals surface area contributed by atoms with Gasteiger partial charge >= 0.3 is 0 Å². The van der Waals surface area contributed by atoms with E-state index in [0.29, 0.717) is 31.5 Å². The highest BCUT2D eigenvalue weighted by Gasteiger charge is 2.29. The van der Waals surface area contributed by atoms with Gasteiger partial charge in [-0.1, -0.05) is 48.9 Å². The van der Waals surface area contributed by atoms with Crippen molar-refractivity contribution in [2.24, 2.45) is 5.92 Å². The zero-order valence-corrected chi connectivity index (χ0v) is 21.4. The Morgan fingerprint density at radius 1 is 1.03 bits per heavy atom. The molecule has 3 heterocycles. The SMILES string of the molecule is CCN1CCC[C@H]1CNC(=O)C1CCN(c2nc3ccccc3n(Cc3ccc(C)cc3)c2=O)CC1. The highest BCUT2D eigenvalue weighted by Crippen LogP contribution is 2.23. The van der Waals surface area contributed by atoms with E-state index in [1.807, 2.05) is 28.8 Å². The van der Waals surface area contributed by atoms with Gasteiger partial charge in [-0.25, -0.2) is 4.98 Å². The van der Waals surface area contributed by atoms with E-state index >= 15 is 0 Å². The number of aromatic nitrogens is 2. The molecule has 190 valence electrons. The van der Waals surface area contributed by atoms with Crippen molar-refractivity contribution in [1.82, 2.24) is 19.8 Å². The molecule has 2 aliphatic rings. The predicted octanol–water partition coefficient (Wildman–Crippen LogP) is 3.57. The zero-order chi connectivity index (χ0) is 25.1. The van der Waals surface area contributed by atoms with Crippen molar-refractivity contribution in [3.05, 3.63) is 70.0 Å². The van der Waals surface area contributed by atoms with Crippen molar-refractivity contribution in [3.8, 4) is 0 Å². The third-order valence-electron chi connectivity index (χ3n) is 7.88. The second-order valence-corrected chi connectivity index (χ2v) is 10.2. The average Bonchev–Trinajstić information content (AvgIpc) is 3.37. The molecule has 0 bridgehead atoms. The van der Waals surface area contributed by atoms with Gasteiger partial charge in [-0.15, -0.1) is 0 Å². The molecule has 0 unspecified atom stereocenters. The minimum absolute atomic E-state index is 0.00651. The van der Waals surface area contributed by atoms with Crippen LogP contribution in [0, 0.1) is 12.8 Å². The largest absolute Gasteiger partial charge is 0.354 e. The summed E-state index contributed by atoms with van der Waals surface area (Å²) in [6.45, 7) is 8.99. The minimum Gasteiger partial charge on any atom is -0.354 e. The number of benzene rings is 2. The smallest absolute Gasteiger partial charge is 0.294 e. The normalized spacial score (nSPS) is 19.2. The summed E-state index contributed by atoms with van der Waals surface area (Å²) in [5.74, 6) is 0.637. The van der Waals surface area contributed by atoms with Crippen LogP contribution in [0.25, 0.3) is 11.0 Å². The van der Waals surface area contributed by atoms with E-state index in [2.05, 4.69) is 53.2 Å². The average molecular weight is 488 g/mol. The maximum absolute atomic E-state index is 13.7. The summed E-state index contributed by atoms with van der Waals surface area (Å²) < 4.78 is 1.84. The number of hydrogen-bond acceptors (Lipinski definition) is 5. The number of fused-ring (bicyclic) bond motifs is 1. The lowest BCUT2D eigenvalue weighted by molar-refractivity contribution is -0.125. The van der Waals surface area contributed by atoms with E-state index in [1.54, 1.807) is 0 Å². The van der Waals surface area contributed by atoms with Crippen LogP contribution >= 0.6 is 0 Å². The lowest BCUT2D eigenvalue weighted by Crippen LogP contribution is -2.46. The molecule has 1 N–H and O–H groups in total. The first-order valence-electron chi connectivity index (χ1n) is 13.4. The number of para-hydroxylation sites is 2. The quantitative estimate of drug-likeness (QED) is 0.552. The van der Waals surface area contributed by atoms with Gasteiger partial charge in [0.05, 0.1) is 17.6 Å². The van der Waals surface area contributed by atoms with Gasteiger partial charge in [-0.3, -0.25) is 19.1 Å². The standard InChI is InChI=1S/C29H37N5O2/c1-3-32-16-6-7-24(32)19-30-28(35)23-14-17-33(18-15-23)27-29(36)34(20-22-12-10-21(2)11-13-22)26-9-5-4-8-25(26)31-27/h4-5,8-13,23-24H,3,6-7,14-20H2,1-2H3,(H,30,35)/t24-/m0/s1. The lowest BCUT2D eigenvalue weighted by atomic mass is 9.95. The molecular formula is C29H37N5O2. The topological polar surface area (TPSA) is 70.5 Å². The fourth-order valence-corrected chi connectivity index (χ4v) is 5.68. The van der Waals surface area contributed by atoms with Crippen molar-refractivity contribution in [2.45, 2.75) is 52.1 Å². The van der Waals surface area contributed by atoms with Crippen LogP contribution in [0.15, 0.2) is 53.3 Å². The van der Waals surface area contributed by atoms with Crippen molar-refractivity contribution in [1.29, 1.82) is 0 Å². The van der Waals surface area contributed by atoms with Gasteiger partial charge < -0.3 is 10.2 Å². The number of amides is 1. The molecule has 2 fully saturated rings. The molecule has 1 aromatic heterocycles. The number of piperidine rings is 1. The van der Waals surface area contributed by atoms with Gasteiger partial charge in [0, 0.05) is 31.6 Å². The number of nitrogens with zero attached hydrogens (tertiary/aromatic N) is 4. The number of hydrogen-bond donors (Lipinski definition) is 1. The molecule has 7 nitrogen and oxygen atoms in total. The summed E-state index contributed by atoms with van der Waals surface area (Å²) in [6, 6.07) is 16.6. The molecule has 2 aliphatic heterocycles. The Balaban J connectivity index is 1.29. The van der Waals surface area contributed by atoms with Crippen LogP contribution in [0.2, 0.25) is 0 Å². The summed E-state index contributed by atoms with van der Waals surface area (Å²) in [4.78, 5) is 35.8. The maximum Gasteiger partial charge on any atom is 0.294 e. The number of nitrogens with one attached hydrogen (secondary N) is 1. The van der Waals surface area contributed by atoms with Crippen LogP contribution in [0.5, 0.6) is 0 Å². The molecule has 3 aromatic rings. The minimum atomic E-state index is -0.0712. The number of aryl methyl sites for hydroxylation is 1. The molecular weight excluding hydrogens is 450 g/mol. The Morgan fingerprint density at radius 2 is 1.78 bits per heavy atom. The highest BCUT2D eigenvalue weighted by molar-refractivity contribution is 5.79. The summed E-state index contributed by atoms with van der Waals surface area (Å²) in [6.07, 6.45) is 3.85. The number of rotatable bonds is 7. The van der Waals surface area contributed by atoms with Gasteiger partial charge in [-0.2, -0.15) is 0 Å². The first-order valence-corrected chi connectivity index (χ1v) is 13.4. The van der Waals surface area contributed by atoms with Gasteiger partial charge in [0.25, 0.3) is 5.56 Å². The van der Waals surface area contributed by atoms with Crippen LogP contribution in [0.3, 0.4) is 0 Å². The van der Waals surface area contributed by atoms with Gasteiger partial charge in [-0.05, 0) is 63.4 Å². The molecule has 36 heavy (non-hydrogen) atoms. The number of carbonyl (C=O) groups is 1. The number of likely N-dealkylation sites (tertiary alicyclic amines) is 1. The lowest BCUT2D eigenvalue weighted by Gasteiger charge is -2.32. The number of carbonyl (C=O) groups excluding carboxylic acids is 1. The van der Waals surface area contributed by atoms with Crippen LogP contribution < -0.4 is 15.8 Å². The molecule has 0 saturated carbocycles. The van der Waals surface area contributed by atoms with Gasteiger partial charge in [0.1, 0.15) is 0 Å². The van der Waals surface area contributed by atoms with E-state index in [9.17, 15) is 9.59 Å². The van der Waals surface area contributed by atoms with E-state index < -0.39 is 0 Å². The predicted molar refractivity (Wildman–Crippen MR) is 144 cm³/mol. The van der Waals surface area contributed by atoms with E-state index in [4.69, 9.17) is 4.98 Å². The molecule has 0 spiro atoms. The van der Waals surface area contributed by atoms with Gasteiger partial charge in [0.15, 0.2) is 5.82 Å². The second-order valence-electron chi connectivity index (χ2n) is 10.2. The summed E-state index contributed by atoms with van der Waals surface area (Å²) >= 11 is 0. The Hall–Kier alpha value is -3.19. The fraction of sp³-hybridized carbons (Fsp3) is 0.483. The Morgan fingerprint density at radius 3 is 2.53 bits per heavy atom. The zero-order valence-electron chi connectivity index (χ0n) is 21.4. The first-order chi connectivity index (χ1) is 17.5. The third-order valence-corrected chi connectivity index (χ3v) is 7.88. The van der Waals surface area contributed by atoms with E-state index in [0.717, 1.165) is 55.5 Å². The van der Waals surface area contributed by atoms with Crippen LogP contribution in [-0.2, 0) is 11.3 Å². The van der Waals surface area contributed by atoms with Crippen molar-refractivity contribution in [3.63, 3.8) is 0 Å². The van der Waals surface area contributed by atoms with Crippen molar-refractivity contribution < 1.29 is 4.79 Å². The highest BCUT2D eigenvalue weighted by atomic mass is 16.2.